The summed E-state index contributed by atoms with van der Waals surface area (Å²) in [6.45, 7) is 1.86. The SMILES string of the molecule is COc1cccc(C2(c3cccc(OC)c3)C=Cc3c(C(=O)O)nn(S(=O)(=O)c4ccc(C)cc4)c3C2)c1. The fraction of sp³-hybridized carbons (Fsp3) is 0.172. The smallest absolute Gasteiger partial charge is 0.357 e. The van der Waals surface area contributed by atoms with Gasteiger partial charge >= 0.3 is 5.97 Å². The van der Waals surface area contributed by atoms with E-state index in [1.807, 2.05) is 61.5 Å². The van der Waals surface area contributed by atoms with Crippen LogP contribution >= 0.6 is 0 Å². The number of aryl methyl sites for hydroxylation is 1. The molecular weight excluding hydrogens is 504 g/mol. The Kier molecular flexibility index (Phi) is 6.32. The van der Waals surface area contributed by atoms with E-state index in [4.69, 9.17) is 9.47 Å². The minimum absolute atomic E-state index is 0.0215. The molecule has 8 nitrogen and oxygen atoms in total. The molecule has 9 heteroatoms. The predicted octanol–water partition coefficient (Wildman–Crippen LogP) is 4.70. The van der Waals surface area contributed by atoms with E-state index in [2.05, 4.69) is 5.10 Å². The normalized spacial score (nSPS) is 14.1. The van der Waals surface area contributed by atoms with E-state index in [-0.39, 0.29) is 28.3 Å². The molecule has 1 aliphatic carbocycles. The van der Waals surface area contributed by atoms with Crippen molar-refractivity contribution in [3.63, 3.8) is 0 Å². The molecule has 0 aliphatic heterocycles. The van der Waals surface area contributed by atoms with Crippen LogP contribution in [-0.4, -0.2) is 42.9 Å². The lowest BCUT2D eigenvalue weighted by Gasteiger charge is -2.35. The van der Waals surface area contributed by atoms with Crippen LogP contribution in [0, 0.1) is 6.92 Å². The number of allylic oxidation sites excluding steroid dienone is 1. The van der Waals surface area contributed by atoms with Crippen LogP contribution < -0.4 is 9.47 Å². The average Bonchev–Trinajstić information content (AvgIpc) is 3.33. The Morgan fingerprint density at radius 2 is 1.53 bits per heavy atom. The van der Waals surface area contributed by atoms with Gasteiger partial charge in [-0.05, 0) is 54.4 Å². The number of carbonyl (C=O) groups is 1. The van der Waals surface area contributed by atoms with Crippen molar-refractivity contribution in [2.45, 2.75) is 23.7 Å². The van der Waals surface area contributed by atoms with E-state index >= 15 is 0 Å². The summed E-state index contributed by atoms with van der Waals surface area (Å²) >= 11 is 0. The third-order valence-corrected chi connectivity index (χ3v) is 8.51. The third kappa shape index (κ3) is 4.14. The van der Waals surface area contributed by atoms with Crippen molar-refractivity contribution >= 4 is 22.1 Å². The Balaban J connectivity index is 1.78. The topological polar surface area (TPSA) is 108 Å². The van der Waals surface area contributed by atoms with Crippen LogP contribution in [0.4, 0.5) is 0 Å². The van der Waals surface area contributed by atoms with Gasteiger partial charge in [0.25, 0.3) is 10.0 Å². The fourth-order valence-corrected chi connectivity index (χ4v) is 6.18. The second kappa shape index (κ2) is 9.50. The maximum Gasteiger partial charge on any atom is 0.357 e. The number of carboxylic acid groups (broad SMARTS) is 1. The predicted molar refractivity (Wildman–Crippen MR) is 142 cm³/mol. The van der Waals surface area contributed by atoms with Crippen molar-refractivity contribution in [1.82, 2.24) is 9.19 Å². The van der Waals surface area contributed by atoms with E-state index in [0.29, 0.717) is 11.5 Å². The minimum atomic E-state index is -4.19. The van der Waals surface area contributed by atoms with Gasteiger partial charge < -0.3 is 14.6 Å². The molecule has 0 saturated carbocycles. The van der Waals surface area contributed by atoms with Gasteiger partial charge in [0.2, 0.25) is 0 Å². The van der Waals surface area contributed by atoms with E-state index in [1.54, 1.807) is 32.4 Å². The highest BCUT2D eigenvalue weighted by molar-refractivity contribution is 7.89. The monoisotopic (exact) mass is 530 g/mol. The van der Waals surface area contributed by atoms with E-state index in [0.717, 1.165) is 20.8 Å². The summed E-state index contributed by atoms with van der Waals surface area (Å²) in [7, 11) is -1.04. The Labute approximate surface area is 220 Å². The van der Waals surface area contributed by atoms with Gasteiger partial charge in [0.1, 0.15) is 11.5 Å². The molecule has 0 bridgehead atoms. The summed E-state index contributed by atoms with van der Waals surface area (Å²) in [6.07, 6.45) is 3.68. The van der Waals surface area contributed by atoms with Gasteiger partial charge in [-0.3, -0.25) is 0 Å². The number of hydrogen-bond acceptors (Lipinski definition) is 6. The minimum Gasteiger partial charge on any atom is -0.497 e. The highest BCUT2D eigenvalue weighted by Gasteiger charge is 2.41. The number of nitrogens with zero attached hydrogens (tertiary/aromatic N) is 2. The van der Waals surface area contributed by atoms with Crippen molar-refractivity contribution < 1.29 is 27.8 Å². The number of methoxy groups -OCH3 is 2. The summed E-state index contributed by atoms with van der Waals surface area (Å²) in [5.41, 5.74) is 1.92. The molecule has 0 fully saturated rings. The van der Waals surface area contributed by atoms with Crippen molar-refractivity contribution in [3.05, 3.63) is 113 Å². The number of carboxylic acids is 1. The number of rotatable bonds is 7. The number of fused-ring (bicyclic) bond motifs is 1. The molecular formula is C29H26N2O6S. The Hall–Kier alpha value is -4.37. The molecule has 0 amide bonds. The van der Waals surface area contributed by atoms with Crippen molar-refractivity contribution in [2.75, 3.05) is 14.2 Å². The number of hydrogen-bond donors (Lipinski definition) is 1. The van der Waals surface area contributed by atoms with Gasteiger partial charge in [-0.2, -0.15) is 12.5 Å². The zero-order valence-electron chi connectivity index (χ0n) is 21.1. The van der Waals surface area contributed by atoms with Crippen molar-refractivity contribution in [3.8, 4) is 11.5 Å². The van der Waals surface area contributed by atoms with Gasteiger partial charge in [0, 0.05) is 17.4 Å². The lowest BCUT2D eigenvalue weighted by atomic mass is 9.68. The van der Waals surface area contributed by atoms with Gasteiger partial charge in [-0.25, -0.2) is 4.79 Å². The maximum absolute atomic E-state index is 13.8. The number of aromatic nitrogens is 2. The first kappa shape index (κ1) is 25.3. The molecule has 3 aromatic carbocycles. The Bertz CT molecular complexity index is 1620. The Morgan fingerprint density at radius 3 is 2.05 bits per heavy atom. The molecule has 0 atom stereocenters. The van der Waals surface area contributed by atoms with Crippen LogP contribution in [-0.2, 0) is 21.9 Å². The van der Waals surface area contributed by atoms with Crippen LogP contribution in [0.15, 0.2) is 83.8 Å². The fourth-order valence-electron chi connectivity index (χ4n) is 4.86. The molecule has 1 aromatic heterocycles. The van der Waals surface area contributed by atoms with Gasteiger partial charge in [0.15, 0.2) is 5.69 Å². The van der Waals surface area contributed by atoms with Crippen LogP contribution in [0.3, 0.4) is 0 Å². The molecule has 4 aromatic rings. The molecule has 0 unspecified atom stereocenters. The summed E-state index contributed by atoms with van der Waals surface area (Å²) < 4.78 is 39.4. The van der Waals surface area contributed by atoms with Gasteiger partial charge in [0.05, 0.1) is 24.8 Å². The van der Waals surface area contributed by atoms with Crippen LogP contribution in [0.2, 0.25) is 0 Å². The quantitative estimate of drug-likeness (QED) is 0.369. The molecule has 0 spiro atoms. The highest BCUT2D eigenvalue weighted by Crippen LogP contribution is 2.44. The van der Waals surface area contributed by atoms with Crippen molar-refractivity contribution in [2.24, 2.45) is 0 Å². The number of ether oxygens (including phenoxy) is 2. The summed E-state index contributed by atoms with van der Waals surface area (Å²) in [6, 6.07) is 21.4. The van der Waals surface area contributed by atoms with E-state index in [9.17, 15) is 18.3 Å². The van der Waals surface area contributed by atoms with Crippen LogP contribution in [0.1, 0.15) is 38.4 Å². The van der Waals surface area contributed by atoms with Crippen LogP contribution in [0.25, 0.3) is 6.08 Å². The maximum atomic E-state index is 13.8. The van der Waals surface area contributed by atoms with E-state index in [1.165, 1.54) is 12.1 Å². The lowest BCUT2D eigenvalue weighted by molar-refractivity contribution is 0.0690. The molecule has 38 heavy (non-hydrogen) atoms. The highest BCUT2D eigenvalue weighted by atomic mass is 32.2. The molecule has 1 N–H and O–H groups in total. The first-order chi connectivity index (χ1) is 18.2. The van der Waals surface area contributed by atoms with Gasteiger partial charge in [-0.1, -0.05) is 54.1 Å². The van der Waals surface area contributed by atoms with E-state index < -0.39 is 21.4 Å². The summed E-state index contributed by atoms with van der Waals surface area (Å²) in [5.74, 6) is -0.0361. The second-order valence-electron chi connectivity index (χ2n) is 9.12. The van der Waals surface area contributed by atoms with Crippen molar-refractivity contribution in [1.29, 1.82) is 0 Å². The molecule has 1 aliphatic rings. The second-order valence-corrected chi connectivity index (χ2v) is 10.9. The summed E-state index contributed by atoms with van der Waals surface area (Å²) in [4.78, 5) is 12.1. The average molecular weight is 531 g/mol. The zero-order chi connectivity index (χ0) is 27.1. The molecule has 1 heterocycles. The number of aromatic carboxylic acids is 1. The number of benzene rings is 3. The first-order valence-electron chi connectivity index (χ1n) is 11.9. The lowest BCUT2D eigenvalue weighted by Crippen LogP contribution is -2.32. The zero-order valence-corrected chi connectivity index (χ0v) is 21.9. The van der Waals surface area contributed by atoms with Crippen LogP contribution in [0.5, 0.6) is 11.5 Å². The first-order valence-corrected chi connectivity index (χ1v) is 13.3. The molecule has 5 rings (SSSR count). The van der Waals surface area contributed by atoms with Gasteiger partial charge in [-0.15, -0.1) is 5.10 Å². The molecule has 0 radical (unpaired) electrons. The standard InChI is InChI=1S/C29H26N2O6S/c1-19-10-12-24(13-11-19)38(34,35)31-26-18-29(20-6-4-8-22(16-20)36-2,21-7-5-9-23(17-21)37-3)15-14-25(26)27(30-31)28(32)33/h4-17H,18H2,1-3H3,(H,32,33). The largest absolute Gasteiger partial charge is 0.497 e. The molecule has 0 saturated heterocycles. The molecule has 194 valence electrons. The third-order valence-electron chi connectivity index (χ3n) is 6.89. The Morgan fingerprint density at radius 1 is 0.947 bits per heavy atom. The summed E-state index contributed by atoms with van der Waals surface area (Å²) in [5, 5.41) is 14.0.